The van der Waals surface area contributed by atoms with Gasteiger partial charge in [-0.2, -0.15) is 0 Å². The highest BCUT2D eigenvalue weighted by atomic mass is 16.5. The number of rotatable bonds is 5. The molecule has 0 saturated carbocycles. The molecular weight excluding hydrogens is 364 g/mol. The molecule has 3 aromatic rings. The fraction of sp³-hybridized carbons (Fsp3) is 0.348. The number of anilines is 2. The predicted molar refractivity (Wildman–Crippen MR) is 115 cm³/mol. The van der Waals surface area contributed by atoms with Crippen LogP contribution in [0.4, 0.5) is 11.5 Å². The van der Waals surface area contributed by atoms with Crippen LogP contribution in [-0.2, 0) is 4.79 Å². The van der Waals surface area contributed by atoms with E-state index in [0.717, 1.165) is 47.5 Å². The van der Waals surface area contributed by atoms with Crippen molar-refractivity contribution >= 4 is 28.4 Å². The van der Waals surface area contributed by atoms with Crippen molar-refractivity contribution in [3.63, 3.8) is 0 Å². The third kappa shape index (κ3) is 4.31. The van der Waals surface area contributed by atoms with E-state index in [1.54, 1.807) is 0 Å². The van der Waals surface area contributed by atoms with Crippen LogP contribution in [0.5, 0.6) is 5.88 Å². The van der Waals surface area contributed by atoms with Crippen molar-refractivity contribution in [2.45, 2.75) is 26.7 Å². The molecule has 1 aliphatic heterocycles. The van der Waals surface area contributed by atoms with Gasteiger partial charge in [-0.25, -0.2) is 9.97 Å². The Labute approximate surface area is 170 Å². The monoisotopic (exact) mass is 390 g/mol. The molecule has 1 fully saturated rings. The maximum absolute atomic E-state index is 12.9. The van der Waals surface area contributed by atoms with Gasteiger partial charge in [0.15, 0.2) is 5.82 Å². The minimum Gasteiger partial charge on any atom is -0.475 e. The normalized spacial score (nSPS) is 16.6. The number of nitrogens with zero attached hydrogens (tertiary/aromatic N) is 3. The summed E-state index contributed by atoms with van der Waals surface area (Å²) in [7, 11) is 0. The summed E-state index contributed by atoms with van der Waals surface area (Å²) in [6.45, 7) is 5.91. The highest BCUT2D eigenvalue weighted by molar-refractivity contribution is 5.93. The lowest BCUT2D eigenvalue weighted by Crippen LogP contribution is -2.41. The minimum absolute atomic E-state index is 0.0482. The Hall–Kier alpha value is -3.15. The van der Waals surface area contributed by atoms with Crippen molar-refractivity contribution in [2.75, 3.05) is 29.9 Å². The van der Waals surface area contributed by atoms with Crippen LogP contribution >= 0.6 is 0 Å². The Kier molecular flexibility index (Phi) is 5.60. The predicted octanol–water partition coefficient (Wildman–Crippen LogP) is 4.19. The minimum atomic E-state index is -0.105. The first-order chi connectivity index (χ1) is 14.1. The van der Waals surface area contributed by atoms with Crippen LogP contribution in [-0.4, -0.2) is 35.6 Å². The van der Waals surface area contributed by atoms with Crippen LogP contribution in [0.25, 0.3) is 11.0 Å². The molecule has 0 bridgehead atoms. The number of para-hydroxylation sites is 2. The maximum atomic E-state index is 12.9. The average Bonchev–Trinajstić information content (AvgIpc) is 2.73. The van der Waals surface area contributed by atoms with Crippen LogP contribution < -0.4 is 15.0 Å². The van der Waals surface area contributed by atoms with Gasteiger partial charge in [-0.3, -0.25) is 4.79 Å². The van der Waals surface area contributed by atoms with Gasteiger partial charge in [0.2, 0.25) is 5.91 Å². The summed E-state index contributed by atoms with van der Waals surface area (Å²) in [6, 6.07) is 15.7. The molecule has 1 saturated heterocycles. The average molecular weight is 390 g/mol. The molecule has 4 rings (SSSR count). The van der Waals surface area contributed by atoms with Gasteiger partial charge >= 0.3 is 0 Å². The summed E-state index contributed by atoms with van der Waals surface area (Å²) in [6.07, 6.45) is 1.78. The molecule has 0 spiro atoms. The van der Waals surface area contributed by atoms with E-state index in [4.69, 9.17) is 9.72 Å². The second kappa shape index (κ2) is 8.47. The lowest BCUT2D eigenvalue weighted by molar-refractivity contribution is -0.120. The summed E-state index contributed by atoms with van der Waals surface area (Å²) >= 11 is 0. The number of ether oxygens (including phenoxy) is 1. The molecule has 1 aliphatic rings. The molecule has 1 atom stereocenters. The number of benzene rings is 2. The number of piperidine rings is 1. The Bertz CT molecular complexity index is 1020. The zero-order valence-electron chi connectivity index (χ0n) is 16.9. The van der Waals surface area contributed by atoms with Gasteiger partial charge in [0.25, 0.3) is 5.88 Å². The molecule has 0 radical (unpaired) electrons. The van der Waals surface area contributed by atoms with Crippen molar-refractivity contribution in [3.8, 4) is 5.88 Å². The number of aromatic nitrogens is 2. The number of fused-ring (bicyclic) bond motifs is 1. The van der Waals surface area contributed by atoms with Gasteiger partial charge in [-0.1, -0.05) is 24.3 Å². The van der Waals surface area contributed by atoms with Crippen molar-refractivity contribution in [1.29, 1.82) is 0 Å². The van der Waals surface area contributed by atoms with Gasteiger partial charge in [0.1, 0.15) is 0 Å². The van der Waals surface area contributed by atoms with E-state index in [1.807, 2.05) is 62.4 Å². The highest BCUT2D eigenvalue weighted by Crippen LogP contribution is 2.31. The van der Waals surface area contributed by atoms with Crippen LogP contribution in [0.3, 0.4) is 0 Å². The summed E-state index contributed by atoms with van der Waals surface area (Å²) in [5.41, 5.74) is 3.61. The van der Waals surface area contributed by atoms with Crippen molar-refractivity contribution in [2.24, 2.45) is 5.92 Å². The number of hydrogen-bond acceptors (Lipinski definition) is 5. The van der Waals surface area contributed by atoms with Crippen molar-refractivity contribution in [1.82, 2.24) is 9.97 Å². The maximum Gasteiger partial charge on any atom is 0.258 e. The Morgan fingerprint density at radius 2 is 1.97 bits per heavy atom. The molecule has 0 aliphatic carbocycles. The first-order valence-corrected chi connectivity index (χ1v) is 10.2. The number of carbonyl (C=O) groups is 1. The summed E-state index contributed by atoms with van der Waals surface area (Å²) in [5.74, 6) is 1.20. The van der Waals surface area contributed by atoms with Gasteiger partial charge in [0, 0.05) is 18.8 Å². The number of aryl methyl sites for hydroxylation is 1. The third-order valence-corrected chi connectivity index (χ3v) is 5.18. The second-order valence-corrected chi connectivity index (χ2v) is 7.42. The smallest absolute Gasteiger partial charge is 0.258 e. The number of hydrogen-bond donors (Lipinski definition) is 1. The zero-order valence-corrected chi connectivity index (χ0v) is 16.9. The molecule has 29 heavy (non-hydrogen) atoms. The lowest BCUT2D eigenvalue weighted by atomic mass is 9.97. The van der Waals surface area contributed by atoms with Gasteiger partial charge in [-0.05, 0) is 56.5 Å². The topological polar surface area (TPSA) is 67.4 Å². The molecule has 1 N–H and O–H groups in total. The van der Waals surface area contributed by atoms with E-state index in [9.17, 15) is 4.79 Å². The number of carbonyl (C=O) groups excluding carboxylic acids is 1. The Balaban J connectivity index is 1.56. The highest BCUT2D eigenvalue weighted by Gasteiger charge is 2.29. The summed E-state index contributed by atoms with van der Waals surface area (Å²) < 4.78 is 5.79. The first-order valence-electron chi connectivity index (χ1n) is 10.2. The van der Waals surface area contributed by atoms with E-state index in [1.165, 1.54) is 0 Å². The fourth-order valence-corrected chi connectivity index (χ4v) is 3.76. The van der Waals surface area contributed by atoms with Crippen LogP contribution in [0.15, 0.2) is 48.5 Å². The lowest BCUT2D eigenvalue weighted by Gasteiger charge is -2.33. The van der Waals surface area contributed by atoms with Crippen LogP contribution in [0.2, 0.25) is 0 Å². The van der Waals surface area contributed by atoms with Gasteiger partial charge in [-0.15, -0.1) is 0 Å². The molecule has 6 heteroatoms. The molecule has 1 unspecified atom stereocenters. The molecule has 2 heterocycles. The summed E-state index contributed by atoms with van der Waals surface area (Å²) in [5, 5.41) is 3.06. The van der Waals surface area contributed by atoms with Crippen LogP contribution in [0.1, 0.15) is 25.3 Å². The van der Waals surface area contributed by atoms with Gasteiger partial charge < -0.3 is 15.0 Å². The van der Waals surface area contributed by atoms with E-state index < -0.39 is 0 Å². The van der Waals surface area contributed by atoms with Crippen molar-refractivity contribution < 1.29 is 9.53 Å². The molecule has 1 amide bonds. The van der Waals surface area contributed by atoms with Crippen LogP contribution in [0, 0.1) is 12.8 Å². The fourth-order valence-electron chi connectivity index (χ4n) is 3.76. The zero-order chi connectivity index (χ0) is 20.2. The van der Waals surface area contributed by atoms with E-state index in [2.05, 4.69) is 15.2 Å². The standard InChI is InChI=1S/C23H26N4O2/c1-3-29-23-21(25-19-11-4-5-12-20(19)26-23)27-13-7-9-17(15-27)22(28)24-18-10-6-8-16(2)14-18/h4-6,8,10-12,14,17H,3,7,9,13,15H2,1-2H3,(H,24,28). The Morgan fingerprint density at radius 3 is 2.72 bits per heavy atom. The second-order valence-electron chi connectivity index (χ2n) is 7.42. The quantitative estimate of drug-likeness (QED) is 0.707. The Morgan fingerprint density at radius 1 is 1.17 bits per heavy atom. The SMILES string of the molecule is CCOc1nc2ccccc2nc1N1CCCC(C(=O)Nc2cccc(C)c2)C1. The van der Waals surface area contributed by atoms with Gasteiger partial charge in [0.05, 0.1) is 23.6 Å². The van der Waals surface area contributed by atoms with Crippen molar-refractivity contribution in [3.05, 3.63) is 54.1 Å². The first kappa shape index (κ1) is 19.2. The van der Waals surface area contributed by atoms with E-state index >= 15 is 0 Å². The number of nitrogens with one attached hydrogen (secondary N) is 1. The summed E-state index contributed by atoms with van der Waals surface area (Å²) in [4.78, 5) is 24.5. The number of amides is 1. The molecule has 6 nitrogen and oxygen atoms in total. The molecule has 150 valence electrons. The van der Waals surface area contributed by atoms with E-state index in [-0.39, 0.29) is 11.8 Å². The van der Waals surface area contributed by atoms with E-state index in [0.29, 0.717) is 19.0 Å². The largest absolute Gasteiger partial charge is 0.475 e. The third-order valence-electron chi connectivity index (χ3n) is 5.18. The molecule has 2 aromatic carbocycles. The molecular formula is C23H26N4O2. The molecule has 1 aromatic heterocycles.